The number of nitrogens with zero attached hydrogens (tertiary/aromatic N) is 3. The number of nitrogens with two attached hydrogens (primary N) is 1. The SMILES string of the molecule is C[C@@H]1C[C@H](C)CN(S(=O)(=O)c2ccc3c(NOCOC(=O)C(N)Cc4ccc(OP(=O)(O)O)cc4)c4ccc(S(=O)(=O)N5C[C@H](C)C[C@H](C)C5)cc4c(N=O)c3c2)C1. The molecular formula is C38H48N5O12PS2. The predicted molar refractivity (Wildman–Crippen MR) is 217 cm³/mol. The van der Waals surface area contributed by atoms with E-state index in [1.54, 1.807) is 0 Å². The van der Waals surface area contributed by atoms with Crippen molar-refractivity contribution in [1.82, 2.24) is 8.61 Å². The predicted octanol–water partition coefficient (Wildman–Crippen LogP) is 5.61. The number of hydrogen-bond acceptors (Lipinski definition) is 13. The van der Waals surface area contributed by atoms with Gasteiger partial charge in [0.1, 0.15) is 17.5 Å². The Kier molecular flexibility index (Phi) is 13.0. The first-order chi connectivity index (χ1) is 27.3. The molecule has 0 spiro atoms. The number of piperidine rings is 2. The summed E-state index contributed by atoms with van der Waals surface area (Å²) in [5.41, 5.74) is 9.42. The van der Waals surface area contributed by atoms with Gasteiger partial charge in [0.15, 0.2) is 0 Å². The molecule has 6 rings (SSSR count). The van der Waals surface area contributed by atoms with E-state index in [2.05, 4.69) is 15.2 Å². The highest BCUT2D eigenvalue weighted by molar-refractivity contribution is 7.89. The Morgan fingerprint density at radius 2 is 1.28 bits per heavy atom. The molecule has 314 valence electrons. The van der Waals surface area contributed by atoms with Crippen LogP contribution in [0.3, 0.4) is 0 Å². The summed E-state index contributed by atoms with van der Waals surface area (Å²) in [5, 5.41) is 4.22. The first-order valence-corrected chi connectivity index (χ1v) is 23.2. The molecule has 4 aromatic rings. The maximum absolute atomic E-state index is 14.0. The van der Waals surface area contributed by atoms with Gasteiger partial charge in [-0.25, -0.2) is 26.2 Å². The van der Waals surface area contributed by atoms with Crippen molar-refractivity contribution in [1.29, 1.82) is 0 Å². The number of hydrogen-bond donors (Lipinski definition) is 4. The van der Waals surface area contributed by atoms with Crippen LogP contribution in [0.1, 0.15) is 46.1 Å². The highest BCUT2D eigenvalue weighted by atomic mass is 32.2. The summed E-state index contributed by atoms with van der Waals surface area (Å²) in [6, 6.07) is 13.1. The Labute approximate surface area is 337 Å². The van der Waals surface area contributed by atoms with Gasteiger partial charge in [0.05, 0.1) is 15.5 Å². The van der Waals surface area contributed by atoms with Crippen molar-refractivity contribution in [2.75, 3.05) is 38.5 Å². The molecule has 0 amide bonds. The van der Waals surface area contributed by atoms with E-state index in [-0.39, 0.29) is 67.8 Å². The molecule has 58 heavy (non-hydrogen) atoms. The highest BCUT2D eigenvalue weighted by Gasteiger charge is 2.34. The first-order valence-electron chi connectivity index (χ1n) is 18.8. The van der Waals surface area contributed by atoms with Crippen molar-refractivity contribution in [3.05, 3.63) is 71.1 Å². The average molecular weight is 862 g/mol. The molecule has 2 heterocycles. The number of nitrogens with one attached hydrogen (secondary N) is 1. The Bertz CT molecular complexity index is 2330. The summed E-state index contributed by atoms with van der Waals surface area (Å²) >= 11 is 0. The summed E-state index contributed by atoms with van der Waals surface area (Å²) < 4.78 is 79.7. The van der Waals surface area contributed by atoms with Crippen LogP contribution in [0.15, 0.2) is 75.6 Å². The van der Waals surface area contributed by atoms with E-state index >= 15 is 0 Å². The van der Waals surface area contributed by atoms with Gasteiger partial charge in [-0.05, 0) is 90.1 Å². The van der Waals surface area contributed by atoms with Crippen LogP contribution in [-0.2, 0) is 45.4 Å². The summed E-state index contributed by atoms with van der Waals surface area (Å²) in [5.74, 6) is -0.340. The number of carbonyl (C=O) groups excluding carboxylic acids is 1. The molecule has 0 bridgehead atoms. The summed E-state index contributed by atoms with van der Waals surface area (Å²) in [7, 11) is -12.8. The van der Waals surface area contributed by atoms with Crippen LogP contribution in [0.25, 0.3) is 21.5 Å². The Morgan fingerprint density at radius 1 is 0.810 bits per heavy atom. The molecule has 5 N–H and O–H groups in total. The van der Waals surface area contributed by atoms with Crippen molar-refractivity contribution < 1.29 is 50.1 Å². The maximum Gasteiger partial charge on any atom is 0.524 e. The van der Waals surface area contributed by atoms with Gasteiger partial charge in [-0.15, -0.1) is 4.91 Å². The van der Waals surface area contributed by atoms with Crippen LogP contribution in [0.4, 0.5) is 11.4 Å². The number of nitroso groups, excluding NO2 is 1. The third-order valence-corrected chi connectivity index (χ3v) is 14.5. The second-order valence-corrected chi connectivity index (χ2v) is 20.7. The van der Waals surface area contributed by atoms with Crippen molar-refractivity contribution in [3.8, 4) is 5.75 Å². The molecule has 2 fully saturated rings. The molecular weight excluding hydrogens is 814 g/mol. The van der Waals surface area contributed by atoms with Gasteiger partial charge in [0.2, 0.25) is 26.8 Å². The molecule has 0 radical (unpaired) electrons. The highest BCUT2D eigenvalue weighted by Crippen LogP contribution is 2.44. The first kappa shape index (κ1) is 43.5. The fourth-order valence-electron chi connectivity index (χ4n) is 8.05. The molecule has 0 saturated carbocycles. The Balaban J connectivity index is 1.31. The van der Waals surface area contributed by atoms with E-state index in [0.717, 1.165) is 12.8 Å². The van der Waals surface area contributed by atoms with Crippen molar-refractivity contribution in [2.45, 2.75) is 62.8 Å². The van der Waals surface area contributed by atoms with Crippen LogP contribution in [0, 0.1) is 28.6 Å². The molecule has 17 nitrogen and oxygen atoms in total. The fraction of sp³-hybridized carbons (Fsp3) is 0.447. The zero-order chi connectivity index (χ0) is 42.2. The number of rotatable bonds is 14. The second kappa shape index (κ2) is 17.3. The van der Waals surface area contributed by atoms with Gasteiger partial charge in [0.25, 0.3) is 0 Å². The smallest absolute Gasteiger partial charge is 0.435 e. The van der Waals surface area contributed by atoms with Crippen LogP contribution in [-0.4, -0.2) is 80.2 Å². The lowest BCUT2D eigenvalue weighted by Crippen LogP contribution is -2.42. The van der Waals surface area contributed by atoms with Crippen molar-refractivity contribution in [3.63, 3.8) is 0 Å². The Hall–Kier alpha value is -4.04. The van der Waals surface area contributed by atoms with Gasteiger partial charge in [-0.1, -0.05) is 52.0 Å². The lowest BCUT2D eigenvalue weighted by Gasteiger charge is -2.34. The number of esters is 1. The van der Waals surface area contributed by atoms with E-state index in [9.17, 15) is 31.1 Å². The zero-order valence-corrected chi connectivity index (χ0v) is 35.0. The molecule has 20 heteroatoms. The minimum Gasteiger partial charge on any atom is -0.435 e. The lowest BCUT2D eigenvalue weighted by atomic mass is 9.94. The van der Waals surface area contributed by atoms with E-state index in [1.807, 2.05) is 27.7 Å². The normalized spacial score (nSPS) is 21.8. The molecule has 1 unspecified atom stereocenters. The molecule has 0 aliphatic carbocycles. The number of phosphoric ester groups is 1. The molecule has 2 aliphatic heterocycles. The third-order valence-electron chi connectivity index (χ3n) is 10.4. The molecule has 2 saturated heterocycles. The topological polar surface area (TPSA) is 245 Å². The monoisotopic (exact) mass is 861 g/mol. The van der Waals surface area contributed by atoms with E-state index in [1.165, 1.54) is 69.3 Å². The van der Waals surface area contributed by atoms with Gasteiger partial charge >= 0.3 is 13.8 Å². The van der Waals surface area contributed by atoms with Crippen molar-refractivity contribution >= 4 is 66.8 Å². The van der Waals surface area contributed by atoms with Crippen LogP contribution in [0.2, 0.25) is 0 Å². The molecule has 4 aromatic carbocycles. The fourth-order valence-corrected chi connectivity index (χ4v) is 11.9. The van der Waals surface area contributed by atoms with E-state index in [4.69, 9.17) is 25.1 Å². The standard InChI is InChI=1S/C38H48N5O12PS2/c1-23-13-24(2)19-42(18-23)57(49,50)29-9-11-31-33(16-29)36(40-45)34-17-30(58(51,52)43-20-25(3)14-26(4)21-43)10-12-32(34)37(31)41-54-22-53-38(44)35(39)15-27-5-7-28(8-6-27)55-56(46,47)48/h5-12,16-17,23-26,35,41H,13-15,18-22,39H2,1-4H3,(H2,46,47,48)/t23-,24+,25-,26+,35?. The van der Waals surface area contributed by atoms with Crippen LogP contribution < -0.4 is 15.7 Å². The van der Waals surface area contributed by atoms with Gasteiger partial charge in [0, 0.05) is 47.7 Å². The zero-order valence-electron chi connectivity index (χ0n) is 32.5. The minimum atomic E-state index is -4.74. The third kappa shape index (κ3) is 9.70. The summed E-state index contributed by atoms with van der Waals surface area (Å²) in [6.45, 7) is 8.66. The molecule has 2 aliphatic rings. The van der Waals surface area contributed by atoms with E-state index in [0.29, 0.717) is 42.5 Å². The minimum absolute atomic E-state index is 0.0128. The van der Waals surface area contributed by atoms with Crippen molar-refractivity contribution in [2.24, 2.45) is 34.6 Å². The summed E-state index contributed by atoms with van der Waals surface area (Å²) in [4.78, 5) is 48.9. The lowest BCUT2D eigenvalue weighted by molar-refractivity contribution is -0.155. The quantitative estimate of drug-likeness (QED) is 0.0229. The number of fused-ring (bicyclic) bond motifs is 2. The summed E-state index contributed by atoms with van der Waals surface area (Å²) in [6.07, 6.45) is 1.79. The Morgan fingerprint density at radius 3 is 1.71 bits per heavy atom. The number of ether oxygens (including phenoxy) is 1. The number of carbonyl (C=O) groups is 1. The maximum atomic E-state index is 14.0. The molecule has 0 aromatic heterocycles. The second-order valence-electron chi connectivity index (χ2n) is 15.6. The number of sulfonamides is 2. The van der Waals surface area contributed by atoms with Crippen LogP contribution >= 0.6 is 7.82 Å². The number of benzene rings is 4. The number of phosphoric acid groups is 1. The van der Waals surface area contributed by atoms with E-state index < -0.39 is 46.7 Å². The van der Waals surface area contributed by atoms with Gasteiger partial charge < -0.3 is 15.0 Å². The van der Waals surface area contributed by atoms with Crippen LogP contribution in [0.5, 0.6) is 5.75 Å². The van der Waals surface area contributed by atoms with Gasteiger partial charge in [-0.2, -0.15) is 8.61 Å². The van der Waals surface area contributed by atoms with Gasteiger partial charge in [-0.3, -0.25) is 20.1 Å². The average Bonchev–Trinajstić information content (AvgIpc) is 3.15. The number of anilines is 1. The molecule has 5 atom stereocenters. The largest absolute Gasteiger partial charge is 0.524 e.